The standard InChI is InChI=1S/C8H15N3O6/c9-11-10-1-2-16-8-7(15)6(14)5(13)4(3-12)17-8/h4-8,12-15H,1-3H2/t4?,5-,6-,7?,8-/m1/s1. The van der Waals surface area contributed by atoms with Gasteiger partial charge in [0.25, 0.3) is 0 Å². The molecule has 0 aromatic carbocycles. The summed E-state index contributed by atoms with van der Waals surface area (Å²) in [5.74, 6) is 0. The van der Waals surface area contributed by atoms with Crippen molar-refractivity contribution in [3.63, 3.8) is 0 Å². The summed E-state index contributed by atoms with van der Waals surface area (Å²) in [7, 11) is 0. The van der Waals surface area contributed by atoms with Gasteiger partial charge in [-0.2, -0.15) is 0 Å². The van der Waals surface area contributed by atoms with Crippen LogP contribution in [0, 0.1) is 0 Å². The van der Waals surface area contributed by atoms with Gasteiger partial charge in [0.1, 0.15) is 24.4 Å². The Balaban J connectivity index is 2.50. The van der Waals surface area contributed by atoms with Crippen LogP contribution in [0.1, 0.15) is 0 Å². The Kier molecular flexibility index (Phi) is 5.59. The first-order valence-corrected chi connectivity index (χ1v) is 5.04. The molecular formula is C8H15N3O6. The zero-order valence-electron chi connectivity index (χ0n) is 8.96. The fraction of sp³-hybridized carbons (Fsp3) is 1.00. The molecule has 0 radical (unpaired) electrons. The monoisotopic (exact) mass is 249 g/mol. The Morgan fingerprint density at radius 2 is 1.94 bits per heavy atom. The fourth-order valence-corrected chi connectivity index (χ4v) is 1.46. The summed E-state index contributed by atoms with van der Waals surface area (Å²) in [5, 5.41) is 40.5. The third-order valence-electron chi connectivity index (χ3n) is 2.39. The topological polar surface area (TPSA) is 148 Å². The second-order valence-electron chi connectivity index (χ2n) is 3.52. The number of hydrogen-bond donors (Lipinski definition) is 4. The highest BCUT2D eigenvalue weighted by Gasteiger charge is 2.43. The second kappa shape index (κ2) is 6.72. The molecule has 0 aromatic heterocycles. The summed E-state index contributed by atoms with van der Waals surface area (Å²) < 4.78 is 10.1. The molecule has 9 nitrogen and oxygen atoms in total. The Morgan fingerprint density at radius 1 is 1.24 bits per heavy atom. The molecule has 0 aromatic rings. The number of azide groups is 1. The van der Waals surface area contributed by atoms with Gasteiger partial charge in [-0.3, -0.25) is 0 Å². The summed E-state index contributed by atoms with van der Waals surface area (Å²) >= 11 is 0. The van der Waals surface area contributed by atoms with Gasteiger partial charge < -0.3 is 29.9 Å². The molecule has 1 rings (SSSR count). The van der Waals surface area contributed by atoms with Crippen LogP contribution in [-0.4, -0.2) is 70.9 Å². The Morgan fingerprint density at radius 3 is 2.53 bits per heavy atom. The minimum absolute atomic E-state index is 0.00719. The molecule has 0 bridgehead atoms. The van der Waals surface area contributed by atoms with Crippen molar-refractivity contribution < 1.29 is 29.9 Å². The normalized spacial score (nSPS) is 37.5. The Hall–Kier alpha value is -0.930. The average Bonchev–Trinajstić information content (AvgIpc) is 2.34. The van der Waals surface area contributed by atoms with Gasteiger partial charge >= 0.3 is 0 Å². The van der Waals surface area contributed by atoms with E-state index in [0.29, 0.717) is 0 Å². The first-order chi connectivity index (χ1) is 8.11. The number of ether oxygens (including phenoxy) is 2. The lowest BCUT2D eigenvalue weighted by Gasteiger charge is -2.39. The molecule has 1 fully saturated rings. The molecule has 0 aliphatic carbocycles. The predicted octanol–water partition coefficient (Wildman–Crippen LogP) is -1.89. The molecule has 9 heteroatoms. The van der Waals surface area contributed by atoms with Gasteiger partial charge in [-0.05, 0) is 5.53 Å². The van der Waals surface area contributed by atoms with Crippen LogP contribution in [0.4, 0.5) is 0 Å². The van der Waals surface area contributed by atoms with Crippen molar-refractivity contribution in [3.8, 4) is 0 Å². The van der Waals surface area contributed by atoms with Crippen LogP contribution in [0.2, 0.25) is 0 Å². The molecule has 17 heavy (non-hydrogen) atoms. The van der Waals surface area contributed by atoms with Crippen LogP contribution in [0.25, 0.3) is 10.4 Å². The molecule has 98 valence electrons. The number of nitrogens with zero attached hydrogens (tertiary/aromatic N) is 3. The molecule has 2 unspecified atom stereocenters. The largest absolute Gasteiger partial charge is 0.394 e. The van der Waals surface area contributed by atoms with Crippen LogP contribution in [0.3, 0.4) is 0 Å². The second-order valence-corrected chi connectivity index (χ2v) is 3.52. The van der Waals surface area contributed by atoms with E-state index in [-0.39, 0.29) is 13.2 Å². The minimum Gasteiger partial charge on any atom is -0.394 e. The Bertz CT molecular complexity index is 282. The van der Waals surface area contributed by atoms with E-state index in [1.807, 2.05) is 0 Å². The molecule has 0 saturated carbocycles. The Labute approximate surface area is 96.8 Å². The third-order valence-corrected chi connectivity index (χ3v) is 2.39. The zero-order chi connectivity index (χ0) is 12.8. The highest BCUT2D eigenvalue weighted by atomic mass is 16.7. The number of aliphatic hydroxyl groups is 4. The molecule has 0 spiro atoms. The summed E-state index contributed by atoms with van der Waals surface area (Å²) in [6.45, 7) is -0.473. The maximum atomic E-state index is 9.53. The van der Waals surface area contributed by atoms with Crippen molar-refractivity contribution in [2.75, 3.05) is 19.8 Å². The van der Waals surface area contributed by atoms with E-state index in [2.05, 4.69) is 10.0 Å². The van der Waals surface area contributed by atoms with Gasteiger partial charge in [-0.25, -0.2) is 0 Å². The van der Waals surface area contributed by atoms with E-state index in [0.717, 1.165) is 0 Å². The van der Waals surface area contributed by atoms with Crippen LogP contribution in [0.15, 0.2) is 5.11 Å². The molecule has 1 heterocycles. The molecular weight excluding hydrogens is 234 g/mol. The van der Waals surface area contributed by atoms with Crippen molar-refractivity contribution >= 4 is 0 Å². The van der Waals surface area contributed by atoms with Gasteiger partial charge in [-0.15, -0.1) is 0 Å². The fourth-order valence-electron chi connectivity index (χ4n) is 1.46. The summed E-state index contributed by atoms with van der Waals surface area (Å²) in [4.78, 5) is 2.51. The number of hydrogen-bond acceptors (Lipinski definition) is 7. The third kappa shape index (κ3) is 3.51. The van der Waals surface area contributed by atoms with E-state index < -0.39 is 37.3 Å². The van der Waals surface area contributed by atoms with Crippen molar-refractivity contribution in [1.82, 2.24) is 0 Å². The summed E-state index contributed by atoms with van der Waals surface area (Å²) in [6, 6.07) is 0. The highest BCUT2D eigenvalue weighted by molar-refractivity contribution is 4.88. The van der Waals surface area contributed by atoms with Gasteiger partial charge in [-0.1, -0.05) is 5.11 Å². The van der Waals surface area contributed by atoms with Crippen molar-refractivity contribution in [1.29, 1.82) is 0 Å². The number of rotatable bonds is 5. The van der Waals surface area contributed by atoms with Crippen LogP contribution in [0.5, 0.6) is 0 Å². The maximum absolute atomic E-state index is 9.53. The smallest absolute Gasteiger partial charge is 0.186 e. The summed E-state index contributed by atoms with van der Waals surface area (Å²) in [5.41, 5.74) is 8.03. The van der Waals surface area contributed by atoms with Crippen molar-refractivity contribution in [2.24, 2.45) is 5.11 Å². The molecule has 0 amide bonds. The molecule has 1 saturated heterocycles. The quantitative estimate of drug-likeness (QED) is 0.194. The van der Waals surface area contributed by atoms with Gasteiger partial charge in [0, 0.05) is 11.5 Å². The minimum atomic E-state index is -1.47. The van der Waals surface area contributed by atoms with Crippen LogP contribution < -0.4 is 0 Å². The predicted molar refractivity (Wildman–Crippen MR) is 53.7 cm³/mol. The lowest BCUT2D eigenvalue weighted by Crippen LogP contribution is -2.59. The zero-order valence-corrected chi connectivity index (χ0v) is 8.96. The molecule has 5 atom stereocenters. The van der Waals surface area contributed by atoms with Gasteiger partial charge in [0.05, 0.1) is 13.2 Å². The van der Waals surface area contributed by atoms with Crippen molar-refractivity contribution in [3.05, 3.63) is 10.4 Å². The lowest BCUT2D eigenvalue weighted by atomic mass is 9.99. The molecule has 1 aliphatic heterocycles. The summed E-state index contributed by atoms with van der Waals surface area (Å²) in [6.07, 6.45) is -6.49. The van der Waals surface area contributed by atoms with E-state index in [9.17, 15) is 15.3 Å². The van der Waals surface area contributed by atoms with Crippen molar-refractivity contribution in [2.45, 2.75) is 30.7 Å². The first-order valence-electron chi connectivity index (χ1n) is 5.04. The molecule has 4 N–H and O–H groups in total. The van der Waals surface area contributed by atoms with Crippen LogP contribution >= 0.6 is 0 Å². The van der Waals surface area contributed by atoms with E-state index in [4.69, 9.17) is 20.1 Å². The lowest BCUT2D eigenvalue weighted by molar-refractivity contribution is -0.300. The van der Waals surface area contributed by atoms with E-state index in [1.165, 1.54) is 0 Å². The van der Waals surface area contributed by atoms with Crippen LogP contribution in [-0.2, 0) is 9.47 Å². The SMILES string of the molecule is [N-]=[N+]=NCCO[C@@H]1OC(CO)[C@@H](O)[C@@H](O)C1O. The number of aliphatic hydroxyl groups excluding tert-OH is 4. The molecule has 1 aliphatic rings. The van der Waals surface area contributed by atoms with E-state index >= 15 is 0 Å². The first kappa shape index (κ1) is 14.1. The van der Waals surface area contributed by atoms with Gasteiger partial charge in [0.2, 0.25) is 0 Å². The van der Waals surface area contributed by atoms with Gasteiger partial charge in [0.15, 0.2) is 6.29 Å². The average molecular weight is 249 g/mol. The highest BCUT2D eigenvalue weighted by Crippen LogP contribution is 2.21. The maximum Gasteiger partial charge on any atom is 0.186 e. The van der Waals surface area contributed by atoms with E-state index in [1.54, 1.807) is 0 Å².